The Balaban J connectivity index is 0. The summed E-state index contributed by atoms with van der Waals surface area (Å²) in [5, 5.41) is 0. The summed E-state index contributed by atoms with van der Waals surface area (Å²) in [4.78, 5) is 17.2. The third kappa shape index (κ3) is 3.63. The van der Waals surface area contributed by atoms with E-state index in [0.717, 1.165) is 0 Å². The minimum absolute atomic E-state index is 0. The van der Waals surface area contributed by atoms with Gasteiger partial charge in [0.1, 0.15) is 6.04 Å². The lowest BCUT2D eigenvalue weighted by Gasteiger charge is -2.04. The minimum atomic E-state index is -0.762. The molecule has 1 unspecified atom stereocenters. The Morgan fingerprint density at radius 3 is 2.69 bits per heavy atom. The van der Waals surface area contributed by atoms with Gasteiger partial charge in [-0.25, -0.2) is 9.78 Å². The Kier molecular flexibility index (Phi) is 7.60. The van der Waals surface area contributed by atoms with Crippen LogP contribution in [-0.4, -0.2) is 23.0 Å². The normalized spacial score (nSPS) is 10.6. The number of nitrogens with zero attached hydrogens (tertiary/aromatic N) is 1. The molecule has 0 spiro atoms. The molecule has 0 aliphatic carbocycles. The van der Waals surface area contributed by atoms with Crippen LogP contribution in [0.4, 0.5) is 0 Å². The monoisotopic (exact) mass is 227 g/mol. The molecule has 5 nitrogen and oxygen atoms in total. The molecule has 0 saturated carbocycles. The number of H-pyrrole nitrogens is 1. The minimum Gasteiger partial charge on any atom is -0.468 e. The van der Waals surface area contributed by atoms with Crippen LogP contribution in [-0.2, 0) is 9.53 Å². The molecule has 1 rings (SSSR count). The number of rotatable bonds is 2. The van der Waals surface area contributed by atoms with Crippen molar-refractivity contribution in [3.05, 3.63) is 18.2 Å². The molecule has 0 radical (unpaired) electrons. The predicted molar refractivity (Wildman–Crippen MR) is 52.0 cm³/mol. The summed E-state index contributed by atoms with van der Waals surface area (Å²) in [6.45, 7) is 0. The molecule has 0 saturated heterocycles. The molecular formula is C6H11Cl2N3O2. The van der Waals surface area contributed by atoms with Crippen LogP contribution in [0.3, 0.4) is 0 Å². The number of aromatic amines is 1. The Hall–Kier alpha value is -0.780. The van der Waals surface area contributed by atoms with Gasteiger partial charge in [-0.15, -0.1) is 24.8 Å². The molecule has 13 heavy (non-hydrogen) atoms. The lowest BCUT2D eigenvalue weighted by atomic mass is 10.2. The zero-order chi connectivity index (χ0) is 8.27. The highest BCUT2D eigenvalue weighted by Gasteiger charge is 2.16. The van der Waals surface area contributed by atoms with Crippen molar-refractivity contribution < 1.29 is 9.53 Å². The molecule has 0 fully saturated rings. The number of esters is 1. The van der Waals surface area contributed by atoms with E-state index in [2.05, 4.69) is 14.7 Å². The molecule has 3 N–H and O–H groups in total. The van der Waals surface area contributed by atoms with Gasteiger partial charge in [0.25, 0.3) is 0 Å². The lowest BCUT2D eigenvalue weighted by molar-refractivity contribution is -0.142. The first-order valence-electron chi connectivity index (χ1n) is 3.07. The van der Waals surface area contributed by atoms with Gasteiger partial charge in [-0.05, 0) is 0 Å². The van der Waals surface area contributed by atoms with E-state index in [0.29, 0.717) is 5.69 Å². The van der Waals surface area contributed by atoms with Crippen molar-refractivity contribution in [1.29, 1.82) is 0 Å². The number of nitrogens with one attached hydrogen (secondary N) is 1. The smallest absolute Gasteiger partial charge is 0.328 e. The molecule has 76 valence electrons. The number of ether oxygens (including phenoxy) is 1. The highest BCUT2D eigenvalue weighted by atomic mass is 35.5. The first-order chi connectivity index (χ1) is 5.25. The zero-order valence-corrected chi connectivity index (χ0v) is 8.52. The molecule has 0 aromatic carbocycles. The van der Waals surface area contributed by atoms with Crippen molar-refractivity contribution in [3.8, 4) is 0 Å². The van der Waals surface area contributed by atoms with Gasteiger partial charge in [0, 0.05) is 0 Å². The third-order valence-corrected chi connectivity index (χ3v) is 1.31. The van der Waals surface area contributed by atoms with Gasteiger partial charge in [-0.3, -0.25) is 0 Å². The van der Waals surface area contributed by atoms with E-state index in [1.165, 1.54) is 19.6 Å². The van der Waals surface area contributed by atoms with Crippen molar-refractivity contribution in [3.63, 3.8) is 0 Å². The molecule has 0 aliphatic rings. The third-order valence-electron chi connectivity index (χ3n) is 1.31. The van der Waals surface area contributed by atoms with E-state index in [-0.39, 0.29) is 24.8 Å². The Morgan fingerprint density at radius 1 is 1.69 bits per heavy atom. The second-order valence-corrected chi connectivity index (χ2v) is 2.01. The summed E-state index contributed by atoms with van der Waals surface area (Å²) < 4.78 is 4.42. The fourth-order valence-corrected chi connectivity index (χ4v) is 0.691. The van der Waals surface area contributed by atoms with E-state index < -0.39 is 12.0 Å². The average molecular weight is 228 g/mol. The second-order valence-electron chi connectivity index (χ2n) is 2.01. The fourth-order valence-electron chi connectivity index (χ4n) is 0.691. The topological polar surface area (TPSA) is 81.0 Å². The number of aromatic nitrogens is 2. The molecule has 1 aromatic heterocycles. The molecule has 1 heterocycles. The molecule has 7 heteroatoms. The quantitative estimate of drug-likeness (QED) is 0.719. The summed E-state index contributed by atoms with van der Waals surface area (Å²) in [5.74, 6) is -0.478. The van der Waals surface area contributed by atoms with Crippen LogP contribution in [0, 0.1) is 0 Å². The van der Waals surface area contributed by atoms with E-state index in [1.54, 1.807) is 0 Å². The van der Waals surface area contributed by atoms with Gasteiger partial charge < -0.3 is 15.5 Å². The van der Waals surface area contributed by atoms with Crippen LogP contribution in [0.5, 0.6) is 0 Å². The molecule has 0 amide bonds. The van der Waals surface area contributed by atoms with Crippen LogP contribution in [0.15, 0.2) is 12.5 Å². The maximum Gasteiger partial charge on any atom is 0.328 e. The molecular weight excluding hydrogens is 217 g/mol. The van der Waals surface area contributed by atoms with Crippen LogP contribution in [0.1, 0.15) is 11.7 Å². The van der Waals surface area contributed by atoms with E-state index in [1.807, 2.05) is 0 Å². The highest BCUT2D eigenvalue weighted by molar-refractivity contribution is 5.85. The number of nitrogens with two attached hydrogens (primary N) is 1. The molecule has 1 atom stereocenters. The number of methoxy groups -OCH3 is 1. The van der Waals surface area contributed by atoms with E-state index in [9.17, 15) is 4.79 Å². The van der Waals surface area contributed by atoms with Crippen LogP contribution in [0.2, 0.25) is 0 Å². The van der Waals surface area contributed by atoms with Gasteiger partial charge in [0.2, 0.25) is 0 Å². The van der Waals surface area contributed by atoms with Crippen molar-refractivity contribution in [2.24, 2.45) is 5.73 Å². The average Bonchev–Trinajstić information content (AvgIpc) is 2.53. The number of hydrogen-bond acceptors (Lipinski definition) is 4. The molecule has 0 aliphatic heterocycles. The SMILES string of the molecule is COC(=O)C(N)c1cnc[nH]1.Cl.Cl. The number of carbonyl (C=O) groups is 1. The van der Waals surface area contributed by atoms with Gasteiger partial charge in [-0.1, -0.05) is 0 Å². The predicted octanol–water partition coefficient (Wildman–Crippen LogP) is 0.426. The first-order valence-corrected chi connectivity index (χ1v) is 3.07. The maximum atomic E-state index is 10.8. The second kappa shape index (κ2) is 6.71. The summed E-state index contributed by atoms with van der Waals surface area (Å²) in [5.41, 5.74) is 6.00. The lowest BCUT2D eigenvalue weighted by Crippen LogP contribution is -2.22. The molecule has 1 aromatic rings. The maximum absolute atomic E-state index is 10.8. The van der Waals surface area contributed by atoms with Crippen LogP contribution < -0.4 is 5.73 Å². The number of halogens is 2. The van der Waals surface area contributed by atoms with Crippen molar-refractivity contribution in [2.75, 3.05) is 7.11 Å². The summed E-state index contributed by atoms with van der Waals surface area (Å²) in [6.07, 6.45) is 2.94. The Morgan fingerprint density at radius 2 is 2.31 bits per heavy atom. The largest absolute Gasteiger partial charge is 0.468 e. The standard InChI is InChI=1S/C6H9N3O2.2ClH/c1-11-6(10)5(7)4-2-8-3-9-4;;/h2-3,5H,7H2,1H3,(H,8,9);2*1H. The van der Waals surface area contributed by atoms with E-state index >= 15 is 0 Å². The Bertz CT molecular complexity index is 240. The van der Waals surface area contributed by atoms with Crippen molar-refractivity contribution >= 4 is 30.8 Å². The van der Waals surface area contributed by atoms with Gasteiger partial charge >= 0.3 is 5.97 Å². The summed E-state index contributed by atoms with van der Waals surface area (Å²) in [6, 6.07) is -0.762. The van der Waals surface area contributed by atoms with Gasteiger partial charge in [-0.2, -0.15) is 0 Å². The molecule has 0 bridgehead atoms. The number of hydrogen-bond donors (Lipinski definition) is 2. The highest BCUT2D eigenvalue weighted by Crippen LogP contribution is 2.05. The number of carbonyl (C=O) groups excluding carboxylic acids is 1. The summed E-state index contributed by atoms with van der Waals surface area (Å²) in [7, 11) is 1.29. The summed E-state index contributed by atoms with van der Waals surface area (Å²) >= 11 is 0. The Labute approximate surface area is 87.9 Å². The van der Waals surface area contributed by atoms with Gasteiger partial charge in [0.05, 0.1) is 25.3 Å². The van der Waals surface area contributed by atoms with Crippen molar-refractivity contribution in [2.45, 2.75) is 6.04 Å². The van der Waals surface area contributed by atoms with Gasteiger partial charge in [0.15, 0.2) is 0 Å². The van der Waals surface area contributed by atoms with E-state index in [4.69, 9.17) is 5.73 Å². The first kappa shape index (κ1) is 14.7. The number of imidazole rings is 1. The van der Waals surface area contributed by atoms with Crippen molar-refractivity contribution in [1.82, 2.24) is 9.97 Å². The zero-order valence-electron chi connectivity index (χ0n) is 6.89. The van der Waals surface area contributed by atoms with Crippen LogP contribution in [0.25, 0.3) is 0 Å². The fraction of sp³-hybridized carbons (Fsp3) is 0.333. The van der Waals surface area contributed by atoms with Crippen LogP contribution >= 0.6 is 24.8 Å².